The Labute approximate surface area is 135 Å². The van der Waals surface area contributed by atoms with Crippen molar-refractivity contribution < 1.29 is 14.3 Å². The van der Waals surface area contributed by atoms with Gasteiger partial charge in [0.15, 0.2) is 5.69 Å². The molecule has 0 atom stereocenters. The Kier molecular flexibility index (Phi) is 4.83. The quantitative estimate of drug-likeness (QED) is 0.880. The molecule has 0 aliphatic carbocycles. The molecule has 0 aliphatic heterocycles. The first-order chi connectivity index (χ1) is 10.8. The van der Waals surface area contributed by atoms with E-state index in [0.717, 1.165) is 0 Å². The number of benzene rings is 1. The van der Waals surface area contributed by atoms with Crippen LogP contribution in [0.4, 0.5) is 5.69 Å². The minimum absolute atomic E-state index is 0.125. The summed E-state index contributed by atoms with van der Waals surface area (Å²) in [5.41, 5.74) is 0.662. The first-order valence-electron chi connectivity index (χ1n) is 7.47. The lowest BCUT2D eigenvalue weighted by Crippen LogP contribution is -2.29. The number of esters is 1. The van der Waals surface area contributed by atoms with Gasteiger partial charge in [-0.2, -0.15) is 5.10 Å². The summed E-state index contributed by atoms with van der Waals surface area (Å²) >= 11 is 0. The molecule has 0 unspecified atom stereocenters. The van der Waals surface area contributed by atoms with E-state index in [1.54, 1.807) is 19.1 Å². The molecule has 0 saturated carbocycles. The number of para-hydroxylation sites is 1. The molecule has 1 N–H and O–H groups in total. The highest BCUT2D eigenvalue weighted by molar-refractivity contribution is 6.04. The van der Waals surface area contributed by atoms with E-state index in [0.29, 0.717) is 11.4 Å². The fourth-order valence-corrected chi connectivity index (χ4v) is 2.08. The summed E-state index contributed by atoms with van der Waals surface area (Å²) in [7, 11) is 0. The second kappa shape index (κ2) is 6.64. The molecule has 1 aromatic carbocycles. The van der Waals surface area contributed by atoms with Gasteiger partial charge in [-0.25, -0.2) is 4.79 Å². The maximum atomic E-state index is 12.6. The number of carbonyl (C=O) groups is 2. The van der Waals surface area contributed by atoms with Gasteiger partial charge in [0.25, 0.3) is 5.91 Å². The summed E-state index contributed by atoms with van der Waals surface area (Å²) < 4.78 is 6.50. The summed E-state index contributed by atoms with van der Waals surface area (Å²) in [6.45, 7) is 7.71. The van der Waals surface area contributed by atoms with E-state index < -0.39 is 11.5 Å². The van der Waals surface area contributed by atoms with Gasteiger partial charge in [-0.15, -0.1) is 0 Å². The largest absolute Gasteiger partial charge is 0.461 e. The lowest BCUT2D eigenvalue weighted by Gasteiger charge is -2.21. The number of carbonyl (C=O) groups excluding carboxylic acids is 2. The monoisotopic (exact) mass is 315 g/mol. The van der Waals surface area contributed by atoms with E-state index in [-0.39, 0.29) is 18.2 Å². The van der Waals surface area contributed by atoms with Crippen LogP contribution in [-0.2, 0) is 10.3 Å². The molecule has 0 saturated heterocycles. The van der Waals surface area contributed by atoms with Crippen LogP contribution in [0.2, 0.25) is 0 Å². The highest BCUT2D eigenvalue weighted by Crippen LogP contribution is 2.19. The molecule has 1 aromatic heterocycles. The summed E-state index contributed by atoms with van der Waals surface area (Å²) in [6.07, 6.45) is 0. The molecule has 6 heteroatoms. The number of anilines is 1. The summed E-state index contributed by atoms with van der Waals surface area (Å²) in [5, 5.41) is 7.05. The molecule has 122 valence electrons. The molecule has 0 aliphatic rings. The summed E-state index contributed by atoms with van der Waals surface area (Å²) in [5.74, 6) is -0.863. The molecular weight excluding hydrogens is 294 g/mol. The van der Waals surface area contributed by atoms with Crippen LogP contribution >= 0.6 is 0 Å². The molecular formula is C17H21N3O3. The van der Waals surface area contributed by atoms with Gasteiger partial charge in [-0.05, 0) is 39.8 Å². The van der Waals surface area contributed by atoms with Crippen molar-refractivity contribution in [1.82, 2.24) is 9.78 Å². The number of ether oxygens (including phenoxy) is 1. The van der Waals surface area contributed by atoms with E-state index in [1.807, 2.05) is 39.0 Å². The predicted molar refractivity (Wildman–Crippen MR) is 87.6 cm³/mol. The third-order valence-electron chi connectivity index (χ3n) is 3.09. The van der Waals surface area contributed by atoms with Crippen molar-refractivity contribution in [1.29, 1.82) is 0 Å². The van der Waals surface area contributed by atoms with Crippen LogP contribution in [0.5, 0.6) is 0 Å². The van der Waals surface area contributed by atoms with Crippen molar-refractivity contribution in [2.24, 2.45) is 0 Å². The Morgan fingerprint density at radius 1 is 1.22 bits per heavy atom. The molecule has 0 bridgehead atoms. The molecule has 23 heavy (non-hydrogen) atoms. The molecule has 2 aromatic rings. The fourth-order valence-electron chi connectivity index (χ4n) is 2.08. The summed E-state index contributed by atoms with van der Waals surface area (Å²) in [4.78, 5) is 24.4. The topological polar surface area (TPSA) is 73.2 Å². The van der Waals surface area contributed by atoms with Crippen LogP contribution in [0.25, 0.3) is 0 Å². The van der Waals surface area contributed by atoms with Crippen LogP contribution in [0.1, 0.15) is 48.7 Å². The third-order valence-corrected chi connectivity index (χ3v) is 3.09. The van der Waals surface area contributed by atoms with Gasteiger partial charge in [0.1, 0.15) is 5.69 Å². The zero-order chi connectivity index (χ0) is 17.0. The Balaban J connectivity index is 2.35. The van der Waals surface area contributed by atoms with E-state index >= 15 is 0 Å². The zero-order valence-electron chi connectivity index (χ0n) is 13.8. The zero-order valence-corrected chi connectivity index (χ0v) is 13.8. The van der Waals surface area contributed by atoms with E-state index in [1.165, 1.54) is 10.7 Å². The van der Waals surface area contributed by atoms with Gasteiger partial charge >= 0.3 is 5.97 Å². The Hall–Kier alpha value is -2.63. The standard InChI is InChI=1S/C17H21N3O3/c1-5-23-16(22)13-11-14(20(19-13)17(2,3)4)15(21)18-12-9-7-6-8-10-12/h6-11H,5H2,1-4H3,(H,18,21). The highest BCUT2D eigenvalue weighted by atomic mass is 16.5. The van der Waals surface area contributed by atoms with E-state index in [2.05, 4.69) is 10.4 Å². The molecule has 1 amide bonds. The van der Waals surface area contributed by atoms with Crippen LogP contribution < -0.4 is 5.32 Å². The van der Waals surface area contributed by atoms with Gasteiger partial charge < -0.3 is 10.1 Å². The fraction of sp³-hybridized carbons (Fsp3) is 0.353. The van der Waals surface area contributed by atoms with Crippen molar-refractivity contribution in [3.63, 3.8) is 0 Å². The van der Waals surface area contributed by atoms with Gasteiger partial charge in [0, 0.05) is 11.8 Å². The number of hydrogen-bond donors (Lipinski definition) is 1. The van der Waals surface area contributed by atoms with Crippen molar-refractivity contribution in [3.05, 3.63) is 47.8 Å². The van der Waals surface area contributed by atoms with E-state index in [4.69, 9.17) is 4.74 Å². The maximum Gasteiger partial charge on any atom is 0.358 e. The number of hydrogen-bond acceptors (Lipinski definition) is 4. The molecule has 0 fully saturated rings. The predicted octanol–water partition coefficient (Wildman–Crippen LogP) is 3.07. The average molecular weight is 315 g/mol. The lowest BCUT2D eigenvalue weighted by atomic mass is 10.1. The number of aromatic nitrogens is 2. The van der Waals surface area contributed by atoms with Gasteiger partial charge in [0.05, 0.1) is 12.1 Å². The van der Waals surface area contributed by atoms with Crippen LogP contribution in [0.15, 0.2) is 36.4 Å². The van der Waals surface area contributed by atoms with Gasteiger partial charge in [0.2, 0.25) is 0 Å². The minimum atomic E-state index is -0.538. The number of nitrogens with zero attached hydrogens (tertiary/aromatic N) is 2. The number of nitrogens with one attached hydrogen (secondary N) is 1. The normalized spacial score (nSPS) is 11.1. The van der Waals surface area contributed by atoms with Crippen LogP contribution in [-0.4, -0.2) is 28.3 Å². The average Bonchev–Trinajstić information content (AvgIpc) is 2.94. The number of amides is 1. The smallest absolute Gasteiger partial charge is 0.358 e. The number of rotatable bonds is 4. The van der Waals surface area contributed by atoms with E-state index in [9.17, 15) is 9.59 Å². The molecule has 6 nitrogen and oxygen atoms in total. The summed E-state index contributed by atoms with van der Waals surface area (Å²) in [6, 6.07) is 10.6. The molecule has 2 rings (SSSR count). The lowest BCUT2D eigenvalue weighted by molar-refractivity contribution is 0.0517. The highest BCUT2D eigenvalue weighted by Gasteiger charge is 2.26. The maximum absolute atomic E-state index is 12.6. The Morgan fingerprint density at radius 3 is 2.43 bits per heavy atom. The Bertz CT molecular complexity index is 700. The first kappa shape index (κ1) is 16.7. The molecule has 0 spiro atoms. The Morgan fingerprint density at radius 2 is 1.87 bits per heavy atom. The van der Waals surface area contributed by atoms with Gasteiger partial charge in [-0.1, -0.05) is 18.2 Å². The second-order valence-electron chi connectivity index (χ2n) is 6.04. The van der Waals surface area contributed by atoms with Crippen molar-refractivity contribution in [2.45, 2.75) is 33.2 Å². The van der Waals surface area contributed by atoms with Crippen LogP contribution in [0, 0.1) is 0 Å². The van der Waals surface area contributed by atoms with Crippen molar-refractivity contribution in [2.75, 3.05) is 11.9 Å². The van der Waals surface area contributed by atoms with Gasteiger partial charge in [-0.3, -0.25) is 9.48 Å². The molecule has 1 heterocycles. The van der Waals surface area contributed by atoms with Crippen molar-refractivity contribution in [3.8, 4) is 0 Å². The minimum Gasteiger partial charge on any atom is -0.461 e. The SMILES string of the molecule is CCOC(=O)c1cc(C(=O)Nc2ccccc2)n(C(C)(C)C)n1. The molecule has 0 radical (unpaired) electrons. The van der Waals surface area contributed by atoms with Crippen molar-refractivity contribution >= 4 is 17.6 Å². The second-order valence-corrected chi connectivity index (χ2v) is 6.04. The first-order valence-corrected chi connectivity index (χ1v) is 7.47. The van der Waals surface area contributed by atoms with Crippen LogP contribution in [0.3, 0.4) is 0 Å². The third kappa shape index (κ3) is 3.97.